The predicted molar refractivity (Wildman–Crippen MR) is 107 cm³/mol. The van der Waals surface area contributed by atoms with Crippen LogP contribution in [0.4, 0.5) is 4.39 Å². The third kappa shape index (κ3) is 4.48. The van der Waals surface area contributed by atoms with Crippen molar-refractivity contribution < 1.29 is 9.18 Å². The van der Waals surface area contributed by atoms with Gasteiger partial charge >= 0.3 is 5.69 Å². The summed E-state index contributed by atoms with van der Waals surface area (Å²) < 4.78 is 15.5. The number of benzene rings is 2. The van der Waals surface area contributed by atoms with Crippen molar-refractivity contribution in [3.63, 3.8) is 0 Å². The highest BCUT2D eigenvalue weighted by Gasteiger charge is 2.21. The number of aromatic nitrogens is 3. The molecule has 150 valence electrons. The van der Waals surface area contributed by atoms with Crippen LogP contribution in [0.1, 0.15) is 36.3 Å². The minimum Gasteiger partial charge on any atom is -0.348 e. The molecule has 1 unspecified atom stereocenters. The molecule has 2 aromatic carbocycles. The van der Waals surface area contributed by atoms with E-state index in [1.807, 2.05) is 6.92 Å². The summed E-state index contributed by atoms with van der Waals surface area (Å²) in [6, 6.07) is 13.9. The van der Waals surface area contributed by atoms with E-state index in [0.29, 0.717) is 17.7 Å². The maximum absolute atomic E-state index is 13.6. The van der Waals surface area contributed by atoms with Crippen LogP contribution < -0.4 is 16.6 Å². The van der Waals surface area contributed by atoms with E-state index in [1.54, 1.807) is 43.3 Å². The lowest BCUT2D eigenvalue weighted by Gasteiger charge is -2.14. The Kier molecular flexibility index (Phi) is 6.01. The molecule has 1 heterocycles. The molecule has 0 fully saturated rings. The van der Waals surface area contributed by atoms with Gasteiger partial charge in [0, 0.05) is 6.04 Å². The van der Waals surface area contributed by atoms with Gasteiger partial charge in [-0.3, -0.25) is 14.2 Å². The second-order valence-electron chi connectivity index (χ2n) is 6.68. The molecule has 1 N–H and O–H groups in total. The van der Waals surface area contributed by atoms with Crippen molar-refractivity contribution in [3.8, 4) is 5.69 Å². The summed E-state index contributed by atoms with van der Waals surface area (Å²) in [5.41, 5.74) is -1.12. The van der Waals surface area contributed by atoms with Gasteiger partial charge in [-0.15, -0.1) is 0 Å². The first-order valence-electron chi connectivity index (χ1n) is 9.25. The van der Waals surface area contributed by atoms with Crippen LogP contribution in [0.2, 0.25) is 0 Å². The highest BCUT2D eigenvalue weighted by atomic mass is 19.1. The first kappa shape index (κ1) is 20.2. The van der Waals surface area contributed by atoms with Crippen molar-refractivity contribution in [2.24, 2.45) is 0 Å². The molecule has 0 aliphatic heterocycles. The topological polar surface area (TPSA) is 86.0 Å². The molecule has 0 saturated carbocycles. The highest BCUT2D eigenvalue weighted by molar-refractivity contribution is 5.91. The van der Waals surface area contributed by atoms with Gasteiger partial charge in [0.05, 0.1) is 12.2 Å². The van der Waals surface area contributed by atoms with Crippen molar-refractivity contribution in [1.82, 2.24) is 19.7 Å². The molecule has 1 aromatic heterocycles. The number of nitrogens with zero attached hydrogens (tertiary/aromatic N) is 3. The Labute approximate surface area is 166 Å². The molecule has 0 saturated heterocycles. The molecule has 1 amide bonds. The zero-order chi connectivity index (χ0) is 21.0. The Morgan fingerprint density at radius 1 is 1.14 bits per heavy atom. The van der Waals surface area contributed by atoms with E-state index in [4.69, 9.17) is 0 Å². The van der Waals surface area contributed by atoms with Crippen LogP contribution in [0.5, 0.6) is 0 Å². The average Bonchev–Trinajstić information content (AvgIpc) is 2.71. The standard InChI is InChI=1S/C21H21FN4O3/c1-3-14(2)23-19(27)18-20(28)25(13-15-8-7-9-16(22)12-15)21(29)26(24-18)17-10-5-4-6-11-17/h4-12,14H,3,13H2,1-2H3,(H,23,27). The lowest BCUT2D eigenvalue weighted by molar-refractivity contribution is 0.0929. The first-order chi connectivity index (χ1) is 13.9. The van der Waals surface area contributed by atoms with E-state index in [2.05, 4.69) is 10.4 Å². The van der Waals surface area contributed by atoms with E-state index in [-0.39, 0.29) is 12.6 Å². The van der Waals surface area contributed by atoms with Crippen molar-refractivity contribution >= 4 is 5.91 Å². The Bertz CT molecular complexity index is 1140. The first-order valence-corrected chi connectivity index (χ1v) is 9.25. The highest BCUT2D eigenvalue weighted by Crippen LogP contribution is 2.06. The van der Waals surface area contributed by atoms with E-state index < -0.39 is 28.7 Å². The van der Waals surface area contributed by atoms with Gasteiger partial charge in [0.15, 0.2) is 0 Å². The van der Waals surface area contributed by atoms with Gasteiger partial charge in [-0.2, -0.15) is 9.78 Å². The molecule has 1 atom stereocenters. The van der Waals surface area contributed by atoms with Crippen molar-refractivity contribution in [2.75, 3.05) is 0 Å². The second-order valence-corrected chi connectivity index (χ2v) is 6.68. The summed E-state index contributed by atoms with van der Waals surface area (Å²) in [6.45, 7) is 3.51. The molecule has 3 rings (SSSR count). The number of carbonyl (C=O) groups excluding carboxylic acids is 1. The number of para-hydroxylation sites is 1. The Hall–Kier alpha value is -3.55. The summed E-state index contributed by atoms with van der Waals surface area (Å²) in [7, 11) is 0. The SMILES string of the molecule is CCC(C)NC(=O)c1nn(-c2ccccc2)c(=O)n(Cc2cccc(F)c2)c1=O. The van der Waals surface area contributed by atoms with Crippen molar-refractivity contribution in [2.45, 2.75) is 32.9 Å². The summed E-state index contributed by atoms with van der Waals surface area (Å²) >= 11 is 0. The monoisotopic (exact) mass is 396 g/mol. The van der Waals surface area contributed by atoms with E-state index in [0.717, 1.165) is 9.25 Å². The molecule has 29 heavy (non-hydrogen) atoms. The van der Waals surface area contributed by atoms with Crippen LogP contribution in [0.25, 0.3) is 5.69 Å². The van der Waals surface area contributed by atoms with Crippen LogP contribution in [-0.2, 0) is 6.54 Å². The van der Waals surface area contributed by atoms with Crippen LogP contribution >= 0.6 is 0 Å². The van der Waals surface area contributed by atoms with Gasteiger partial charge in [-0.25, -0.2) is 9.18 Å². The molecular weight excluding hydrogens is 375 g/mol. The Morgan fingerprint density at radius 3 is 2.52 bits per heavy atom. The zero-order valence-electron chi connectivity index (χ0n) is 16.1. The summed E-state index contributed by atoms with van der Waals surface area (Å²) in [5, 5.41) is 6.73. The van der Waals surface area contributed by atoms with E-state index in [9.17, 15) is 18.8 Å². The van der Waals surface area contributed by atoms with Crippen LogP contribution in [-0.4, -0.2) is 26.3 Å². The number of carbonyl (C=O) groups is 1. The summed E-state index contributed by atoms with van der Waals surface area (Å²) in [5.74, 6) is -1.15. The Balaban J connectivity index is 2.18. The summed E-state index contributed by atoms with van der Waals surface area (Å²) in [6.07, 6.45) is 0.668. The van der Waals surface area contributed by atoms with Crippen LogP contribution in [0.15, 0.2) is 64.2 Å². The minimum atomic E-state index is -0.827. The van der Waals surface area contributed by atoms with Gasteiger partial charge in [-0.05, 0) is 43.2 Å². The van der Waals surface area contributed by atoms with Crippen LogP contribution in [0, 0.1) is 5.82 Å². The predicted octanol–water partition coefficient (Wildman–Crippen LogP) is 2.11. The minimum absolute atomic E-state index is 0.169. The van der Waals surface area contributed by atoms with Crippen molar-refractivity contribution in [3.05, 3.63) is 92.5 Å². The molecular formula is C21H21FN4O3. The summed E-state index contributed by atoms with van der Waals surface area (Å²) in [4.78, 5) is 38.5. The average molecular weight is 396 g/mol. The van der Waals surface area contributed by atoms with Gasteiger partial charge in [0.25, 0.3) is 11.5 Å². The largest absolute Gasteiger partial charge is 0.352 e. The zero-order valence-corrected chi connectivity index (χ0v) is 16.1. The normalized spacial score (nSPS) is 11.8. The smallest absolute Gasteiger partial charge is 0.348 e. The van der Waals surface area contributed by atoms with Gasteiger partial charge < -0.3 is 5.32 Å². The molecule has 7 nitrogen and oxygen atoms in total. The number of nitrogens with one attached hydrogen (secondary N) is 1. The number of hydrogen-bond acceptors (Lipinski definition) is 4. The number of halogens is 1. The molecule has 0 radical (unpaired) electrons. The van der Waals surface area contributed by atoms with Crippen molar-refractivity contribution in [1.29, 1.82) is 0 Å². The Morgan fingerprint density at radius 2 is 1.86 bits per heavy atom. The maximum atomic E-state index is 13.6. The molecule has 0 spiro atoms. The van der Waals surface area contributed by atoms with Gasteiger partial charge in [0.2, 0.25) is 5.69 Å². The maximum Gasteiger partial charge on any atom is 0.352 e. The van der Waals surface area contributed by atoms with E-state index >= 15 is 0 Å². The fourth-order valence-electron chi connectivity index (χ4n) is 2.75. The molecule has 3 aromatic rings. The molecule has 0 aliphatic rings. The van der Waals surface area contributed by atoms with Gasteiger partial charge in [-0.1, -0.05) is 37.3 Å². The quantitative estimate of drug-likeness (QED) is 0.692. The number of hydrogen-bond donors (Lipinski definition) is 1. The lowest BCUT2D eigenvalue weighted by Crippen LogP contribution is -2.47. The molecule has 0 aliphatic carbocycles. The number of rotatable bonds is 6. The fraction of sp³-hybridized carbons (Fsp3) is 0.238. The number of amides is 1. The molecule has 0 bridgehead atoms. The third-order valence-corrected chi connectivity index (χ3v) is 4.50. The molecule has 8 heteroatoms. The lowest BCUT2D eigenvalue weighted by atomic mass is 10.2. The van der Waals surface area contributed by atoms with Gasteiger partial charge in [0.1, 0.15) is 5.82 Å². The van der Waals surface area contributed by atoms with E-state index in [1.165, 1.54) is 18.2 Å². The fourth-order valence-corrected chi connectivity index (χ4v) is 2.75. The third-order valence-electron chi connectivity index (χ3n) is 4.50. The second kappa shape index (κ2) is 8.64. The van der Waals surface area contributed by atoms with Crippen LogP contribution in [0.3, 0.4) is 0 Å².